The van der Waals surface area contributed by atoms with Crippen molar-refractivity contribution in [2.45, 2.75) is 49.9 Å². The number of rotatable bonds is 4. The third-order valence-corrected chi connectivity index (χ3v) is 4.63. The van der Waals surface area contributed by atoms with Gasteiger partial charge in [-0.05, 0) is 32.4 Å². The summed E-state index contributed by atoms with van der Waals surface area (Å²) in [5.41, 5.74) is 0. The lowest BCUT2D eigenvalue weighted by Gasteiger charge is -2.31. The summed E-state index contributed by atoms with van der Waals surface area (Å²) < 4.78 is 0. The van der Waals surface area contributed by atoms with Gasteiger partial charge in [-0.2, -0.15) is 11.8 Å². The summed E-state index contributed by atoms with van der Waals surface area (Å²) in [6.45, 7) is 1.84. The number of carbonyl (C=O) groups excluding carboxylic acids is 1. The first-order valence-electron chi connectivity index (χ1n) is 6.25. The zero-order valence-electron chi connectivity index (χ0n) is 11.0. The number of nitrogens with zero attached hydrogens (tertiary/aromatic N) is 1. The number of hydrogen-bond donors (Lipinski definition) is 2. The van der Waals surface area contributed by atoms with Gasteiger partial charge in [0.05, 0.1) is 12.6 Å². The fourth-order valence-electron chi connectivity index (χ4n) is 2.09. The maximum Gasteiger partial charge on any atom is 0.317 e. The monoisotopic (exact) mass is 260 g/mol. The normalized spacial score (nSPS) is 26.4. The predicted octanol–water partition coefficient (Wildman–Crippen LogP) is 1.68. The van der Waals surface area contributed by atoms with Gasteiger partial charge in [0.25, 0.3) is 0 Å². The first-order chi connectivity index (χ1) is 8.08. The van der Waals surface area contributed by atoms with Crippen LogP contribution in [0.15, 0.2) is 0 Å². The molecule has 0 aromatic carbocycles. The van der Waals surface area contributed by atoms with Crippen molar-refractivity contribution in [2.24, 2.45) is 0 Å². The van der Waals surface area contributed by atoms with Crippen LogP contribution in [0, 0.1) is 0 Å². The van der Waals surface area contributed by atoms with Crippen molar-refractivity contribution in [1.29, 1.82) is 0 Å². The molecule has 0 bridgehead atoms. The Morgan fingerprint density at radius 3 is 2.88 bits per heavy atom. The lowest BCUT2D eigenvalue weighted by molar-refractivity contribution is 0.153. The first kappa shape index (κ1) is 14.6. The minimum atomic E-state index is -0.130. The molecule has 0 radical (unpaired) electrons. The summed E-state index contributed by atoms with van der Waals surface area (Å²) in [5, 5.41) is 12.8. The van der Waals surface area contributed by atoms with Crippen LogP contribution >= 0.6 is 11.8 Å². The molecule has 1 aliphatic carbocycles. The SMILES string of the molecule is CSC1CCCC(NC(=O)N(C)C(C)CO)C1. The summed E-state index contributed by atoms with van der Waals surface area (Å²) in [4.78, 5) is 13.5. The molecule has 0 aromatic rings. The number of urea groups is 1. The highest BCUT2D eigenvalue weighted by Crippen LogP contribution is 2.26. The van der Waals surface area contributed by atoms with Crippen LogP contribution in [0.3, 0.4) is 0 Å². The topological polar surface area (TPSA) is 52.6 Å². The Morgan fingerprint density at radius 2 is 2.29 bits per heavy atom. The molecule has 5 heteroatoms. The van der Waals surface area contributed by atoms with Gasteiger partial charge in [-0.3, -0.25) is 0 Å². The third-order valence-electron chi connectivity index (χ3n) is 3.53. The van der Waals surface area contributed by atoms with E-state index in [1.807, 2.05) is 18.7 Å². The second kappa shape index (κ2) is 7.11. The lowest BCUT2D eigenvalue weighted by Crippen LogP contribution is -2.48. The van der Waals surface area contributed by atoms with E-state index in [2.05, 4.69) is 11.6 Å². The Hall–Kier alpha value is -0.420. The number of nitrogens with one attached hydrogen (secondary N) is 1. The molecule has 0 saturated heterocycles. The molecule has 1 aliphatic rings. The molecule has 0 aliphatic heterocycles. The molecule has 3 atom stereocenters. The molecule has 0 aromatic heterocycles. The second-order valence-corrected chi connectivity index (χ2v) is 5.95. The zero-order valence-corrected chi connectivity index (χ0v) is 11.8. The molecule has 4 nitrogen and oxygen atoms in total. The van der Waals surface area contributed by atoms with Gasteiger partial charge < -0.3 is 15.3 Å². The summed E-state index contributed by atoms with van der Waals surface area (Å²) >= 11 is 1.89. The molecular weight excluding hydrogens is 236 g/mol. The van der Waals surface area contributed by atoms with Gasteiger partial charge in [-0.25, -0.2) is 4.79 Å². The minimum Gasteiger partial charge on any atom is -0.394 e. The van der Waals surface area contributed by atoms with E-state index in [9.17, 15) is 4.79 Å². The van der Waals surface area contributed by atoms with E-state index >= 15 is 0 Å². The molecule has 1 saturated carbocycles. The molecule has 0 heterocycles. The average Bonchev–Trinajstić information content (AvgIpc) is 2.37. The predicted molar refractivity (Wildman–Crippen MR) is 72.4 cm³/mol. The van der Waals surface area contributed by atoms with E-state index in [4.69, 9.17) is 5.11 Å². The highest BCUT2D eigenvalue weighted by Gasteiger charge is 2.24. The molecule has 2 amide bonds. The zero-order chi connectivity index (χ0) is 12.8. The van der Waals surface area contributed by atoms with E-state index < -0.39 is 0 Å². The summed E-state index contributed by atoms with van der Waals surface area (Å²) in [6, 6.07) is 0.0929. The quantitative estimate of drug-likeness (QED) is 0.808. The van der Waals surface area contributed by atoms with Crippen LogP contribution in [-0.4, -0.2) is 53.3 Å². The molecule has 0 spiro atoms. The van der Waals surface area contributed by atoms with E-state index in [1.54, 1.807) is 11.9 Å². The number of aliphatic hydroxyl groups is 1. The van der Waals surface area contributed by atoms with Crippen molar-refractivity contribution in [1.82, 2.24) is 10.2 Å². The van der Waals surface area contributed by atoms with Crippen LogP contribution in [0.25, 0.3) is 0 Å². The number of aliphatic hydroxyl groups excluding tert-OH is 1. The lowest BCUT2D eigenvalue weighted by atomic mass is 9.95. The molecule has 1 rings (SSSR count). The second-order valence-electron chi connectivity index (χ2n) is 4.81. The van der Waals surface area contributed by atoms with Crippen molar-refractivity contribution in [3.63, 3.8) is 0 Å². The van der Waals surface area contributed by atoms with Crippen molar-refractivity contribution >= 4 is 17.8 Å². The highest BCUT2D eigenvalue weighted by molar-refractivity contribution is 7.99. The van der Waals surface area contributed by atoms with Gasteiger partial charge >= 0.3 is 6.03 Å². The van der Waals surface area contributed by atoms with Crippen LogP contribution in [-0.2, 0) is 0 Å². The largest absolute Gasteiger partial charge is 0.394 e. The van der Waals surface area contributed by atoms with Crippen LogP contribution < -0.4 is 5.32 Å². The summed E-state index contributed by atoms with van der Waals surface area (Å²) in [6.07, 6.45) is 6.72. The fraction of sp³-hybridized carbons (Fsp3) is 0.917. The molecule has 3 unspecified atom stereocenters. The van der Waals surface area contributed by atoms with E-state index in [-0.39, 0.29) is 18.7 Å². The van der Waals surface area contributed by atoms with Gasteiger partial charge in [0.1, 0.15) is 0 Å². The van der Waals surface area contributed by atoms with Gasteiger partial charge in [-0.15, -0.1) is 0 Å². The van der Waals surface area contributed by atoms with E-state index in [0.717, 1.165) is 12.8 Å². The Kier molecular flexibility index (Phi) is 6.12. The Morgan fingerprint density at radius 1 is 1.59 bits per heavy atom. The van der Waals surface area contributed by atoms with E-state index in [1.165, 1.54) is 12.8 Å². The molecule has 2 N–H and O–H groups in total. The standard InChI is InChI=1S/C12H24N2O2S/c1-9(8-15)14(2)12(16)13-10-5-4-6-11(7-10)17-3/h9-11,15H,4-8H2,1-3H3,(H,13,16). The highest BCUT2D eigenvalue weighted by atomic mass is 32.2. The van der Waals surface area contributed by atoms with Crippen LogP contribution in [0.2, 0.25) is 0 Å². The molecule has 100 valence electrons. The number of likely N-dealkylation sites (N-methyl/N-ethyl adjacent to an activating group) is 1. The van der Waals surface area contributed by atoms with Crippen molar-refractivity contribution in [3.8, 4) is 0 Å². The maximum absolute atomic E-state index is 11.9. The molecule has 17 heavy (non-hydrogen) atoms. The van der Waals surface area contributed by atoms with Crippen LogP contribution in [0.4, 0.5) is 4.79 Å². The maximum atomic E-state index is 11.9. The number of thioether (sulfide) groups is 1. The molecule has 1 fully saturated rings. The minimum absolute atomic E-state index is 0.00201. The van der Waals surface area contributed by atoms with Gasteiger partial charge in [0.15, 0.2) is 0 Å². The Balaban J connectivity index is 2.40. The van der Waals surface area contributed by atoms with Gasteiger partial charge in [0.2, 0.25) is 0 Å². The van der Waals surface area contributed by atoms with Crippen LogP contribution in [0.1, 0.15) is 32.6 Å². The first-order valence-corrected chi connectivity index (χ1v) is 7.54. The average molecular weight is 260 g/mol. The summed E-state index contributed by atoms with van der Waals surface area (Å²) in [7, 11) is 1.73. The summed E-state index contributed by atoms with van der Waals surface area (Å²) in [5.74, 6) is 0. The van der Waals surface area contributed by atoms with Gasteiger partial charge in [-0.1, -0.05) is 6.42 Å². The van der Waals surface area contributed by atoms with E-state index in [0.29, 0.717) is 11.3 Å². The number of amides is 2. The van der Waals surface area contributed by atoms with Crippen molar-refractivity contribution in [3.05, 3.63) is 0 Å². The number of carbonyl (C=O) groups is 1. The Labute approximate surface area is 108 Å². The molecular formula is C12H24N2O2S. The van der Waals surface area contributed by atoms with Crippen molar-refractivity contribution in [2.75, 3.05) is 19.9 Å². The number of hydrogen-bond acceptors (Lipinski definition) is 3. The Bertz CT molecular complexity index is 251. The van der Waals surface area contributed by atoms with Crippen molar-refractivity contribution < 1.29 is 9.90 Å². The third kappa shape index (κ3) is 4.39. The van der Waals surface area contributed by atoms with Gasteiger partial charge in [0, 0.05) is 18.3 Å². The fourth-order valence-corrected chi connectivity index (χ4v) is 2.92. The smallest absolute Gasteiger partial charge is 0.317 e. The van der Waals surface area contributed by atoms with Crippen LogP contribution in [0.5, 0.6) is 0 Å².